The Morgan fingerprint density at radius 3 is 0.800 bits per heavy atom. The first-order valence-electron chi connectivity index (χ1n) is 0.500. The van der Waals surface area contributed by atoms with E-state index in [1.165, 1.54) is 0 Å². The van der Waals surface area contributed by atoms with Crippen molar-refractivity contribution in [3.63, 3.8) is 0 Å². The van der Waals surface area contributed by atoms with Crippen molar-refractivity contribution >= 4 is 0 Å². The van der Waals surface area contributed by atoms with Crippen LogP contribution in [0, 0.1) is 7.43 Å². The van der Waals surface area contributed by atoms with Gasteiger partial charge in [0.1, 0.15) is 0 Å². The van der Waals surface area contributed by atoms with Crippen molar-refractivity contribution in [1.29, 1.82) is 0 Å². The van der Waals surface area contributed by atoms with Gasteiger partial charge in [-0.2, -0.15) is 0 Å². The molecule has 0 aliphatic heterocycles. The molecule has 0 heterocycles. The number of rotatable bonds is 0. The van der Waals surface area contributed by atoms with Crippen LogP contribution in [-0.2, 0) is 11.0 Å². The predicted molar refractivity (Wildman–Crippen MR) is 15.9 cm³/mol. The molecule has 0 radical (unpaired) electrons. The van der Waals surface area contributed by atoms with E-state index in [1.807, 2.05) is 0 Å². The summed E-state index contributed by atoms with van der Waals surface area (Å²) in [6.07, 6.45) is 0. The fraction of sp³-hybridized carbons (Fsp3) is 0. The van der Waals surface area contributed by atoms with Crippen LogP contribution in [0.2, 0.25) is 0 Å². The van der Waals surface area contributed by atoms with E-state index in [0.717, 1.165) is 0 Å². The molecule has 2 nitrogen and oxygen atoms in total. The third-order valence-corrected chi connectivity index (χ3v) is 0. The van der Waals surface area contributed by atoms with Gasteiger partial charge < -0.3 is 11.0 Å². The first kappa shape index (κ1) is 143. The van der Waals surface area contributed by atoms with Crippen LogP contribution < -0.4 is 0 Å². The van der Waals surface area contributed by atoms with Gasteiger partial charge in [-0.25, -0.2) is 0 Å². The Bertz CT molecular complexity index is 4.85. The number of hydrogen-bond acceptors (Lipinski definition) is 0. The summed E-state index contributed by atoms with van der Waals surface area (Å²) < 4.78 is 0. The van der Waals surface area contributed by atoms with Gasteiger partial charge in [0, 0.05) is 0 Å². The van der Waals surface area contributed by atoms with Crippen LogP contribution in [0.25, 0.3) is 0 Å². The predicted octanol–water partition coefficient (Wildman–Crippen LogP) is 0.646. The van der Waals surface area contributed by atoms with Gasteiger partial charge in [0.2, 0.25) is 0 Å². The first-order valence-corrected chi connectivity index (χ1v) is 0.500. The van der Waals surface area contributed by atoms with Crippen molar-refractivity contribution in [1.82, 2.24) is 0 Å². The van der Waals surface area contributed by atoms with Crippen molar-refractivity contribution in [2.24, 2.45) is 0 Å². The molecule has 0 aliphatic rings. The average Bonchev–Trinajstić information content (AvgIpc) is 1.00. The maximum atomic E-state index is 3.00. The summed E-state index contributed by atoms with van der Waals surface area (Å²) in [7, 11) is 0. The zero-order valence-corrected chi connectivity index (χ0v) is 2.73. The second-order valence-electron chi connectivity index (χ2n) is 0. The van der Waals surface area contributed by atoms with Gasteiger partial charge in [0.25, 0.3) is 0 Å². The fourth-order valence-corrected chi connectivity index (χ4v) is 0. The third kappa shape index (κ3) is 87.2. The SMILES string of the molecule is C=C.[C+4].[O-2].[O-2]. The summed E-state index contributed by atoms with van der Waals surface area (Å²) >= 11 is 0. The minimum Gasteiger partial charge on any atom is -2.00 e. The van der Waals surface area contributed by atoms with Crippen LogP contribution in [0.5, 0.6) is 0 Å². The van der Waals surface area contributed by atoms with E-state index in [4.69, 9.17) is 0 Å². The van der Waals surface area contributed by atoms with Crippen LogP contribution in [-0.4, -0.2) is 0 Å². The minimum absolute atomic E-state index is 0. The zero-order chi connectivity index (χ0) is 2.00. The standard InChI is InChI=1S/C2H4.C.2O/c1-2;;;/h1-2H2;;;/q;+4;2*-2. The average molecular weight is 72.1 g/mol. The molecule has 2 heteroatoms. The Labute approximate surface area is 32.7 Å². The smallest absolute Gasteiger partial charge is 2.00 e. The summed E-state index contributed by atoms with van der Waals surface area (Å²) in [6, 6.07) is 0. The van der Waals surface area contributed by atoms with Crippen molar-refractivity contribution in [2.75, 3.05) is 0 Å². The maximum Gasteiger partial charge on any atom is 4.00 e. The van der Waals surface area contributed by atoms with Crippen LogP contribution in [0.15, 0.2) is 13.2 Å². The molecule has 0 aliphatic carbocycles. The van der Waals surface area contributed by atoms with E-state index < -0.39 is 0 Å². The van der Waals surface area contributed by atoms with Crippen LogP contribution in [0.3, 0.4) is 0 Å². The van der Waals surface area contributed by atoms with Crippen molar-refractivity contribution < 1.29 is 11.0 Å². The molecule has 5 heavy (non-hydrogen) atoms. The minimum atomic E-state index is 0. The van der Waals surface area contributed by atoms with Gasteiger partial charge in [-0.05, 0) is 0 Å². The monoisotopic (exact) mass is 72.0 g/mol. The molecular weight excluding hydrogens is 68.0 g/mol. The van der Waals surface area contributed by atoms with Gasteiger partial charge in [0.15, 0.2) is 0 Å². The molecule has 0 rings (SSSR count). The van der Waals surface area contributed by atoms with Crippen LogP contribution >= 0.6 is 0 Å². The summed E-state index contributed by atoms with van der Waals surface area (Å²) in [5, 5.41) is 0. The van der Waals surface area contributed by atoms with Crippen LogP contribution in [0.1, 0.15) is 0 Å². The normalized spacial score (nSPS) is 0.800. The number of hydrogen-bond donors (Lipinski definition) is 0. The van der Waals surface area contributed by atoms with Crippen molar-refractivity contribution in [3.05, 3.63) is 20.6 Å². The molecule has 0 unspecified atom stereocenters. The Kier molecular flexibility index (Phi) is 6420. The van der Waals surface area contributed by atoms with Crippen molar-refractivity contribution in [2.45, 2.75) is 0 Å². The van der Waals surface area contributed by atoms with Gasteiger partial charge in [-0.15, -0.1) is 13.2 Å². The molecule has 0 aromatic heterocycles. The van der Waals surface area contributed by atoms with Gasteiger partial charge in [-0.3, -0.25) is 0 Å². The molecule has 0 amide bonds. The molecule has 0 saturated heterocycles. The summed E-state index contributed by atoms with van der Waals surface area (Å²) in [5.41, 5.74) is 0. The zero-order valence-electron chi connectivity index (χ0n) is 2.73. The molecule has 0 N–H and O–H groups in total. The van der Waals surface area contributed by atoms with Crippen LogP contribution in [0.4, 0.5) is 0 Å². The molecule has 0 atom stereocenters. The van der Waals surface area contributed by atoms with E-state index in [2.05, 4.69) is 13.2 Å². The Morgan fingerprint density at radius 2 is 0.800 bits per heavy atom. The maximum absolute atomic E-state index is 3.00. The first-order chi connectivity index (χ1) is 1.00. The largest absolute Gasteiger partial charge is 4.00 e. The molecule has 0 aromatic rings. The Hall–Kier alpha value is -0.340. The molecular formula is C3H4O2. The molecule has 0 fully saturated rings. The fourth-order valence-electron chi connectivity index (χ4n) is 0. The topological polar surface area (TPSA) is 57.0 Å². The van der Waals surface area contributed by atoms with Gasteiger partial charge >= 0.3 is 7.43 Å². The van der Waals surface area contributed by atoms with E-state index in [9.17, 15) is 0 Å². The molecule has 0 saturated carbocycles. The Morgan fingerprint density at radius 1 is 0.800 bits per heavy atom. The third-order valence-electron chi connectivity index (χ3n) is 0. The second kappa shape index (κ2) is 224. The summed E-state index contributed by atoms with van der Waals surface area (Å²) in [6.45, 7) is 6.00. The molecule has 0 bridgehead atoms. The van der Waals surface area contributed by atoms with Gasteiger partial charge in [0.05, 0.1) is 0 Å². The quantitative estimate of drug-likeness (QED) is 0.377. The summed E-state index contributed by atoms with van der Waals surface area (Å²) in [5.74, 6) is 0. The molecule has 0 spiro atoms. The van der Waals surface area contributed by atoms with Crippen molar-refractivity contribution in [3.8, 4) is 0 Å². The Balaban J connectivity index is -0.00000000167. The molecule has 0 aromatic carbocycles. The molecule has 28 valence electrons. The van der Waals surface area contributed by atoms with E-state index >= 15 is 0 Å². The summed E-state index contributed by atoms with van der Waals surface area (Å²) in [4.78, 5) is 0. The second-order valence-corrected chi connectivity index (χ2v) is 0. The van der Waals surface area contributed by atoms with E-state index in [-0.39, 0.29) is 18.4 Å². The van der Waals surface area contributed by atoms with E-state index in [0.29, 0.717) is 0 Å². The van der Waals surface area contributed by atoms with E-state index in [1.54, 1.807) is 0 Å². The van der Waals surface area contributed by atoms with Gasteiger partial charge in [-0.1, -0.05) is 0 Å².